The van der Waals surface area contributed by atoms with Crippen molar-refractivity contribution in [3.63, 3.8) is 0 Å². The number of aryl methyl sites for hydroxylation is 2. The van der Waals surface area contributed by atoms with Gasteiger partial charge < -0.3 is 5.11 Å². The summed E-state index contributed by atoms with van der Waals surface area (Å²) in [5.74, 6) is -0.180. The van der Waals surface area contributed by atoms with Gasteiger partial charge in [0, 0.05) is 24.6 Å². The van der Waals surface area contributed by atoms with E-state index < -0.39 is 12.0 Å². The third-order valence-electron chi connectivity index (χ3n) is 2.41. The summed E-state index contributed by atoms with van der Waals surface area (Å²) in [7, 11) is 1.87. The molecule has 2 rings (SSSR count). The minimum Gasteiger partial charge on any atom is -0.480 e. The van der Waals surface area contributed by atoms with E-state index in [-0.39, 0.29) is 5.37 Å². The minimum absolute atomic E-state index is 0.0554. The fourth-order valence-electron chi connectivity index (χ4n) is 1.67. The Kier molecular flexibility index (Phi) is 2.70. The Labute approximate surface area is 91.9 Å². The van der Waals surface area contributed by atoms with E-state index >= 15 is 0 Å². The van der Waals surface area contributed by atoms with E-state index in [9.17, 15) is 4.79 Å². The van der Waals surface area contributed by atoms with Gasteiger partial charge in [0.15, 0.2) is 0 Å². The van der Waals surface area contributed by atoms with Crippen LogP contribution in [0.4, 0.5) is 0 Å². The number of thioether (sulfide) groups is 1. The van der Waals surface area contributed by atoms with E-state index in [1.165, 1.54) is 0 Å². The van der Waals surface area contributed by atoms with E-state index in [2.05, 4.69) is 10.4 Å². The number of rotatable bonds is 2. The normalized spacial score (nSPS) is 25.7. The topological polar surface area (TPSA) is 67.2 Å². The van der Waals surface area contributed by atoms with Crippen LogP contribution in [0.2, 0.25) is 0 Å². The maximum absolute atomic E-state index is 10.8. The molecule has 5 nitrogen and oxygen atoms in total. The van der Waals surface area contributed by atoms with Crippen molar-refractivity contribution in [1.29, 1.82) is 0 Å². The maximum atomic E-state index is 10.8. The van der Waals surface area contributed by atoms with Crippen LogP contribution in [0.3, 0.4) is 0 Å². The number of aliphatic carboxylic acids is 1. The highest BCUT2D eigenvalue weighted by Gasteiger charge is 2.31. The van der Waals surface area contributed by atoms with Gasteiger partial charge in [0.2, 0.25) is 0 Å². The lowest BCUT2D eigenvalue weighted by Crippen LogP contribution is -2.33. The molecule has 0 amide bonds. The number of carboxylic acids is 1. The van der Waals surface area contributed by atoms with Gasteiger partial charge in [0.05, 0.1) is 11.1 Å². The zero-order chi connectivity index (χ0) is 11.0. The number of carboxylic acid groups (broad SMARTS) is 1. The van der Waals surface area contributed by atoms with Crippen molar-refractivity contribution in [1.82, 2.24) is 15.1 Å². The van der Waals surface area contributed by atoms with Gasteiger partial charge in [-0.2, -0.15) is 5.10 Å². The zero-order valence-electron chi connectivity index (χ0n) is 8.60. The fourth-order valence-corrected chi connectivity index (χ4v) is 2.96. The van der Waals surface area contributed by atoms with Crippen LogP contribution in [0.25, 0.3) is 0 Å². The molecule has 0 aliphatic carbocycles. The largest absolute Gasteiger partial charge is 0.480 e. The third-order valence-corrected chi connectivity index (χ3v) is 3.66. The maximum Gasteiger partial charge on any atom is 0.321 e. The summed E-state index contributed by atoms with van der Waals surface area (Å²) in [4.78, 5) is 10.8. The van der Waals surface area contributed by atoms with E-state index in [4.69, 9.17) is 5.11 Å². The Morgan fingerprint density at radius 2 is 2.53 bits per heavy atom. The highest BCUT2D eigenvalue weighted by atomic mass is 32.2. The Balaban J connectivity index is 2.14. The Morgan fingerprint density at radius 1 is 1.80 bits per heavy atom. The smallest absolute Gasteiger partial charge is 0.321 e. The molecule has 1 unspecified atom stereocenters. The molecule has 0 spiro atoms. The van der Waals surface area contributed by atoms with Gasteiger partial charge in [-0.1, -0.05) is 0 Å². The number of nitrogens with zero attached hydrogens (tertiary/aromatic N) is 2. The lowest BCUT2D eigenvalue weighted by Gasteiger charge is -2.09. The standard InChI is InChI=1S/C9H13N3O2S/c1-5-6(3-12(2)11-5)8-10-7(4-15-8)9(13)14/h3,7-8,10H,4H2,1-2H3,(H,13,14)/t7-,8?/m0/s1. The summed E-state index contributed by atoms with van der Waals surface area (Å²) < 4.78 is 1.75. The fraction of sp³-hybridized carbons (Fsp3) is 0.556. The van der Waals surface area contributed by atoms with Crippen molar-refractivity contribution in [2.24, 2.45) is 7.05 Å². The molecular weight excluding hydrogens is 214 g/mol. The summed E-state index contributed by atoms with van der Waals surface area (Å²) >= 11 is 1.61. The van der Waals surface area contributed by atoms with E-state index in [0.717, 1.165) is 11.3 Å². The van der Waals surface area contributed by atoms with Crippen molar-refractivity contribution in [3.8, 4) is 0 Å². The van der Waals surface area contributed by atoms with Crippen LogP contribution in [-0.2, 0) is 11.8 Å². The van der Waals surface area contributed by atoms with Gasteiger partial charge in [0.1, 0.15) is 6.04 Å². The Bertz CT molecular complexity index is 391. The van der Waals surface area contributed by atoms with Crippen LogP contribution >= 0.6 is 11.8 Å². The Hall–Kier alpha value is -1.01. The molecule has 2 heterocycles. The Morgan fingerprint density at radius 3 is 3.00 bits per heavy atom. The predicted molar refractivity (Wildman–Crippen MR) is 57.7 cm³/mol. The lowest BCUT2D eigenvalue weighted by molar-refractivity contribution is -0.138. The van der Waals surface area contributed by atoms with E-state index in [1.54, 1.807) is 16.4 Å². The second-order valence-corrected chi connectivity index (χ2v) is 4.75. The molecule has 1 aliphatic heterocycles. The molecule has 1 aromatic rings. The van der Waals surface area contributed by atoms with Crippen LogP contribution in [0.1, 0.15) is 16.6 Å². The number of nitrogens with one attached hydrogen (secondary N) is 1. The average molecular weight is 227 g/mol. The first-order valence-electron chi connectivity index (χ1n) is 4.68. The quantitative estimate of drug-likeness (QED) is 0.771. The molecule has 0 saturated carbocycles. The number of aromatic nitrogens is 2. The van der Waals surface area contributed by atoms with E-state index in [1.807, 2.05) is 20.2 Å². The molecule has 1 aromatic heterocycles. The summed E-state index contributed by atoms with van der Waals surface area (Å²) in [5.41, 5.74) is 2.03. The number of hydrogen-bond donors (Lipinski definition) is 2. The first-order chi connectivity index (χ1) is 7.08. The second kappa shape index (κ2) is 3.86. The lowest BCUT2D eigenvalue weighted by atomic mass is 10.2. The van der Waals surface area contributed by atoms with Crippen LogP contribution in [-0.4, -0.2) is 32.7 Å². The van der Waals surface area contributed by atoms with Gasteiger partial charge in [0.25, 0.3) is 0 Å². The molecule has 15 heavy (non-hydrogen) atoms. The van der Waals surface area contributed by atoms with Gasteiger partial charge in [-0.05, 0) is 6.92 Å². The number of hydrogen-bond acceptors (Lipinski definition) is 4. The van der Waals surface area contributed by atoms with Gasteiger partial charge >= 0.3 is 5.97 Å². The number of carbonyl (C=O) groups is 1. The molecular formula is C9H13N3O2S. The predicted octanol–water partition coefficient (Wildman–Crippen LogP) is 0.517. The van der Waals surface area contributed by atoms with Crippen LogP contribution in [0, 0.1) is 6.92 Å². The van der Waals surface area contributed by atoms with Crippen molar-refractivity contribution < 1.29 is 9.90 Å². The van der Waals surface area contributed by atoms with Crippen molar-refractivity contribution in [3.05, 3.63) is 17.5 Å². The monoisotopic (exact) mass is 227 g/mol. The summed E-state index contributed by atoms with van der Waals surface area (Å²) in [6.45, 7) is 1.94. The van der Waals surface area contributed by atoms with Crippen molar-refractivity contribution in [2.45, 2.75) is 18.3 Å². The zero-order valence-corrected chi connectivity index (χ0v) is 9.41. The molecule has 2 N–H and O–H groups in total. The molecule has 1 fully saturated rings. The summed E-state index contributed by atoms with van der Waals surface area (Å²) in [6.07, 6.45) is 1.93. The summed E-state index contributed by atoms with van der Waals surface area (Å²) in [6, 6.07) is -0.445. The molecule has 6 heteroatoms. The SMILES string of the molecule is Cc1nn(C)cc1C1N[C@H](C(=O)O)CS1. The highest BCUT2D eigenvalue weighted by Crippen LogP contribution is 2.33. The highest BCUT2D eigenvalue weighted by molar-refractivity contribution is 7.99. The molecule has 0 bridgehead atoms. The van der Waals surface area contributed by atoms with Crippen LogP contribution in [0.5, 0.6) is 0 Å². The van der Waals surface area contributed by atoms with E-state index in [0.29, 0.717) is 5.75 Å². The molecule has 2 atom stereocenters. The minimum atomic E-state index is -0.786. The molecule has 1 aliphatic rings. The molecule has 1 saturated heterocycles. The molecule has 0 aromatic carbocycles. The van der Waals surface area contributed by atoms with Crippen LogP contribution < -0.4 is 5.32 Å². The first-order valence-corrected chi connectivity index (χ1v) is 5.73. The van der Waals surface area contributed by atoms with Gasteiger partial charge in [-0.25, -0.2) is 0 Å². The average Bonchev–Trinajstić information content (AvgIpc) is 2.71. The van der Waals surface area contributed by atoms with Crippen molar-refractivity contribution in [2.75, 3.05) is 5.75 Å². The van der Waals surface area contributed by atoms with Crippen LogP contribution in [0.15, 0.2) is 6.20 Å². The second-order valence-electron chi connectivity index (χ2n) is 3.61. The van der Waals surface area contributed by atoms with Gasteiger partial charge in [-0.3, -0.25) is 14.8 Å². The van der Waals surface area contributed by atoms with Crippen molar-refractivity contribution >= 4 is 17.7 Å². The first kappa shape index (κ1) is 10.5. The molecule has 0 radical (unpaired) electrons. The molecule has 82 valence electrons. The summed E-state index contributed by atoms with van der Waals surface area (Å²) in [5, 5.41) is 16.2. The van der Waals surface area contributed by atoms with Gasteiger partial charge in [-0.15, -0.1) is 11.8 Å². The third kappa shape index (κ3) is 2.00.